The molecule has 0 fully saturated rings. The summed E-state index contributed by atoms with van der Waals surface area (Å²) in [5.41, 5.74) is 5.30. The minimum absolute atomic E-state index is 0.401. The Bertz CT molecular complexity index is 193. The first-order valence-corrected chi connectivity index (χ1v) is 5.31. The van der Waals surface area contributed by atoms with Crippen molar-refractivity contribution >= 4 is 11.9 Å². The van der Waals surface area contributed by atoms with Gasteiger partial charge in [0.1, 0.15) is 6.04 Å². The Labute approximate surface area is 95.8 Å². The molecule has 0 aromatic rings. The minimum atomic E-state index is -0.833. The smallest absolute Gasteiger partial charge is 0.320 e. The summed E-state index contributed by atoms with van der Waals surface area (Å²) in [6.45, 7) is 4.32. The molecule has 0 bridgehead atoms. The van der Waals surface area contributed by atoms with Crippen LogP contribution in [0.2, 0.25) is 0 Å². The molecule has 5 N–H and O–H groups in total. The fourth-order valence-electron chi connectivity index (χ4n) is 1.05. The molecule has 16 heavy (non-hydrogen) atoms. The number of nitrogens with two attached hydrogens (primary N) is 1. The first kappa shape index (κ1) is 17.3. The molecular weight excluding hydrogens is 212 g/mol. The highest BCUT2D eigenvalue weighted by Gasteiger charge is 2.14. The van der Waals surface area contributed by atoms with E-state index in [1.54, 1.807) is 0 Å². The molecule has 1 atom stereocenters. The number of unbranched alkanes of at least 4 members (excludes halogenated alkanes) is 1. The average Bonchev–Trinajstić information content (AvgIpc) is 2.15. The lowest BCUT2D eigenvalue weighted by Crippen LogP contribution is -2.36. The van der Waals surface area contributed by atoms with Crippen molar-refractivity contribution in [1.82, 2.24) is 5.32 Å². The number of carboxylic acid groups (broad SMARTS) is 2. The van der Waals surface area contributed by atoms with Gasteiger partial charge in [-0.3, -0.25) is 9.59 Å². The van der Waals surface area contributed by atoms with Gasteiger partial charge in [-0.25, -0.2) is 0 Å². The zero-order valence-corrected chi connectivity index (χ0v) is 9.90. The summed E-state index contributed by atoms with van der Waals surface area (Å²) in [6, 6.07) is -0.401. The van der Waals surface area contributed by atoms with Crippen molar-refractivity contribution in [1.29, 1.82) is 0 Å². The SMILES string of the molecule is CC(=O)O.CCN[C@@H](CCCCN)C(=O)O. The van der Waals surface area contributed by atoms with Gasteiger partial charge in [-0.1, -0.05) is 13.3 Å². The van der Waals surface area contributed by atoms with Crippen molar-refractivity contribution in [2.24, 2.45) is 5.73 Å². The lowest BCUT2D eigenvalue weighted by Gasteiger charge is -2.11. The molecule has 0 amide bonds. The van der Waals surface area contributed by atoms with Gasteiger partial charge in [-0.2, -0.15) is 0 Å². The van der Waals surface area contributed by atoms with Gasteiger partial charge in [0.2, 0.25) is 0 Å². The van der Waals surface area contributed by atoms with Crippen LogP contribution in [0.5, 0.6) is 0 Å². The number of carbonyl (C=O) groups is 2. The maximum atomic E-state index is 10.6. The van der Waals surface area contributed by atoms with E-state index in [1.165, 1.54) is 0 Å². The second-order valence-corrected chi connectivity index (χ2v) is 3.25. The number of likely N-dealkylation sites (N-methyl/N-ethyl adjacent to an activating group) is 1. The molecule has 0 aromatic carbocycles. The lowest BCUT2D eigenvalue weighted by molar-refractivity contribution is -0.139. The molecule has 96 valence electrons. The van der Waals surface area contributed by atoms with E-state index >= 15 is 0 Å². The number of nitrogens with one attached hydrogen (secondary N) is 1. The van der Waals surface area contributed by atoms with Crippen LogP contribution in [-0.4, -0.2) is 41.3 Å². The Morgan fingerprint density at radius 1 is 1.31 bits per heavy atom. The third kappa shape index (κ3) is 15.3. The van der Waals surface area contributed by atoms with Crippen LogP contribution < -0.4 is 11.1 Å². The third-order valence-corrected chi connectivity index (χ3v) is 1.70. The van der Waals surface area contributed by atoms with E-state index in [2.05, 4.69) is 5.32 Å². The second kappa shape index (κ2) is 11.9. The number of aliphatic carboxylic acids is 2. The Morgan fingerprint density at radius 2 is 1.81 bits per heavy atom. The van der Waals surface area contributed by atoms with E-state index in [4.69, 9.17) is 20.7 Å². The summed E-state index contributed by atoms with van der Waals surface area (Å²) in [6.07, 6.45) is 2.44. The normalized spacial score (nSPS) is 11.2. The number of rotatable bonds is 7. The lowest BCUT2D eigenvalue weighted by atomic mass is 10.1. The fraction of sp³-hybridized carbons (Fsp3) is 0.800. The summed E-state index contributed by atoms with van der Waals surface area (Å²) in [5, 5.41) is 19.0. The summed E-state index contributed by atoms with van der Waals surface area (Å²) in [7, 11) is 0. The highest BCUT2D eigenvalue weighted by atomic mass is 16.4. The van der Waals surface area contributed by atoms with E-state index in [1.807, 2.05) is 6.92 Å². The van der Waals surface area contributed by atoms with Gasteiger partial charge in [0, 0.05) is 6.92 Å². The highest BCUT2D eigenvalue weighted by molar-refractivity contribution is 5.73. The molecule has 0 aliphatic heterocycles. The largest absolute Gasteiger partial charge is 0.481 e. The summed E-state index contributed by atoms with van der Waals surface area (Å²) in [4.78, 5) is 19.6. The quantitative estimate of drug-likeness (QED) is 0.470. The highest BCUT2D eigenvalue weighted by Crippen LogP contribution is 1.99. The maximum absolute atomic E-state index is 10.6. The van der Waals surface area contributed by atoms with Crippen LogP contribution >= 0.6 is 0 Å². The summed E-state index contributed by atoms with van der Waals surface area (Å²) in [5.74, 6) is -1.60. The van der Waals surface area contributed by atoms with E-state index in [-0.39, 0.29) is 0 Å². The molecule has 0 radical (unpaired) electrons. The Kier molecular flexibility index (Phi) is 12.9. The van der Waals surface area contributed by atoms with E-state index in [9.17, 15) is 4.79 Å². The zero-order valence-electron chi connectivity index (χ0n) is 9.90. The number of carboxylic acids is 2. The zero-order chi connectivity index (χ0) is 13.0. The van der Waals surface area contributed by atoms with Gasteiger partial charge in [-0.05, 0) is 25.9 Å². The van der Waals surface area contributed by atoms with Crippen molar-refractivity contribution in [2.45, 2.75) is 39.2 Å². The minimum Gasteiger partial charge on any atom is -0.481 e. The van der Waals surface area contributed by atoms with Crippen LogP contribution in [0.15, 0.2) is 0 Å². The molecule has 0 aliphatic carbocycles. The van der Waals surface area contributed by atoms with Gasteiger partial charge < -0.3 is 21.3 Å². The first-order chi connectivity index (χ1) is 7.45. The van der Waals surface area contributed by atoms with Gasteiger partial charge in [0.25, 0.3) is 5.97 Å². The summed E-state index contributed by atoms with van der Waals surface area (Å²) >= 11 is 0. The van der Waals surface area contributed by atoms with Gasteiger partial charge >= 0.3 is 5.97 Å². The van der Waals surface area contributed by atoms with E-state index < -0.39 is 18.0 Å². The molecule has 0 saturated heterocycles. The van der Waals surface area contributed by atoms with Crippen LogP contribution in [0.3, 0.4) is 0 Å². The average molecular weight is 234 g/mol. The topological polar surface area (TPSA) is 113 Å². The van der Waals surface area contributed by atoms with Gasteiger partial charge in [-0.15, -0.1) is 0 Å². The number of hydrogen-bond donors (Lipinski definition) is 4. The standard InChI is InChI=1S/C8H18N2O2.C2H4O2/c1-2-10-7(8(11)12)5-3-4-6-9;1-2(3)4/h7,10H,2-6,9H2,1H3,(H,11,12);1H3,(H,3,4)/t7-;/m0./s1. The molecule has 0 aliphatic rings. The monoisotopic (exact) mass is 234 g/mol. The van der Waals surface area contributed by atoms with E-state index in [0.29, 0.717) is 19.5 Å². The predicted molar refractivity (Wildman–Crippen MR) is 61.3 cm³/mol. The van der Waals surface area contributed by atoms with Crippen LogP contribution in [-0.2, 0) is 9.59 Å². The molecule has 0 unspecified atom stereocenters. The predicted octanol–water partition coefficient (Wildman–Crippen LogP) is 0.269. The van der Waals surface area contributed by atoms with Gasteiger partial charge in [0.15, 0.2) is 0 Å². The molecule has 6 nitrogen and oxygen atoms in total. The Morgan fingerprint density at radius 3 is 2.12 bits per heavy atom. The van der Waals surface area contributed by atoms with Crippen molar-refractivity contribution in [3.8, 4) is 0 Å². The fourth-order valence-corrected chi connectivity index (χ4v) is 1.05. The second-order valence-electron chi connectivity index (χ2n) is 3.25. The van der Waals surface area contributed by atoms with Crippen LogP contribution in [0.1, 0.15) is 33.1 Å². The number of hydrogen-bond acceptors (Lipinski definition) is 4. The molecule has 0 aromatic heterocycles. The molecule has 0 heterocycles. The van der Waals surface area contributed by atoms with Crippen molar-refractivity contribution in [3.63, 3.8) is 0 Å². The molecular formula is C10H22N2O4. The Hall–Kier alpha value is -1.14. The Balaban J connectivity index is 0. The molecule has 0 saturated carbocycles. The maximum Gasteiger partial charge on any atom is 0.320 e. The van der Waals surface area contributed by atoms with Crippen LogP contribution in [0.25, 0.3) is 0 Å². The van der Waals surface area contributed by atoms with Crippen LogP contribution in [0, 0.1) is 0 Å². The molecule has 0 rings (SSSR count). The van der Waals surface area contributed by atoms with Crippen molar-refractivity contribution in [2.75, 3.05) is 13.1 Å². The van der Waals surface area contributed by atoms with Gasteiger partial charge in [0.05, 0.1) is 0 Å². The third-order valence-electron chi connectivity index (χ3n) is 1.70. The molecule has 6 heteroatoms. The summed E-state index contributed by atoms with van der Waals surface area (Å²) < 4.78 is 0. The molecule has 0 spiro atoms. The van der Waals surface area contributed by atoms with Crippen molar-refractivity contribution < 1.29 is 19.8 Å². The first-order valence-electron chi connectivity index (χ1n) is 5.31. The van der Waals surface area contributed by atoms with E-state index in [0.717, 1.165) is 19.8 Å². The van der Waals surface area contributed by atoms with Crippen molar-refractivity contribution in [3.05, 3.63) is 0 Å². The van der Waals surface area contributed by atoms with Crippen LogP contribution in [0.4, 0.5) is 0 Å².